The number of rotatable bonds is 3. The van der Waals surface area contributed by atoms with Crippen molar-refractivity contribution >= 4 is 22.4 Å². The molecule has 10 heteroatoms. The summed E-state index contributed by atoms with van der Waals surface area (Å²) in [7, 11) is 0. The summed E-state index contributed by atoms with van der Waals surface area (Å²) in [5.74, 6) is 0. The van der Waals surface area contributed by atoms with Gasteiger partial charge in [0.2, 0.25) is 0 Å². The van der Waals surface area contributed by atoms with Crippen molar-refractivity contribution in [3.8, 4) is 11.4 Å². The van der Waals surface area contributed by atoms with Gasteiger partial charge in [-0.3, -0.25) is 4.98 Å². The normalized spacial score (nSPS) is 12.2. The summed E-state index contributed by atoms with van der Waals surface area (Å²) in [6.45, 7) is 1.67. The number of aromatic nitrogens is 3. The molecule has 0 saturated heterocycles. The molecule has 1 aromatic carbocycles. The molecule has 0 unspecified atom stereocenters. The van der Waals surface area contributed by atoms with Crippen molar-refractivity contribution in [2.45, 2.75) is 19.3 Å². The molecule has 4 nitrogen and oxygen atoms in total. The molecule has 0 amide bonds. The molecule has 0 spiro atoms. The van der Waals surface area contributed by atoms with E-state index in [1.54, 1.807) is 19.1 Å². The fraction of sp³-hybridized carbons (Fsp3) is 0.136. The van der Waals surface area contributed by atoms with E-state index in [1.165, 1.54) is 30.5 Å². The maximum absolute atomic E-state index is 13.4. The molecule has 0 radical (unpaired) electrons. The van der Waals surface area contributed by atoms with Gasteiger partial charge >= 0.3 is 12.4 Å². The van der Waals surface area contributed by atoms with Gasteiger partial charge in [0.15, 0.2) is 5.65 Å². The van der Waals surface area contributed by atoms with Crippen LogP contribution in [0.4, 0.5) is 37.7 Å². The third kappa shape index (κ3) is 4.34. The zero-order chi connectivity index (χ0) is 23.1. The number of hydrogen-bond acceptors (Lipinski definition) is 4. The molecule has 0 aliphatic carbocycles. The van der Waals surface area contributed by atoms with Gasteiger partial charge in [-0.2, -0.15) is 26.3 Å². The van der Waals surface area contributed by atoms with Crippen LogP contribution in [0.3, 0.4) is 0 Å². The number of nitrogens with zero attached hydrogens (tertiary/aromatic N) is 3. The first-order chi connectivity index (χ1) is 15.0. The molecule has 3 heterocycles. The van der Waals surface area contributed by atoms with Crippen LogP contribution in [0.1, 0.15) is 16.8 Å². The summed E-state index contributed by atoms with van der Waals surface area (Å²) < 4.78 is 78.4. The number of nitrogens with one attached hydrogen (secondary N) is 1. The van der Waals surface area contributed by atoms with Crippen LogP contribution in [0.5, 0.6) is 0 Å². The first-order valence-corrected chi connectivity index (χ1v) is 9.27. The lowest BCUT2D eigenvalue weighted by Gasteiger charge is -2.14. The molecule has 0 aliphatic heterocycles. The molecule has 0 aliphatic rings. The lowest BCUT2D eigenvalue weighted by Crippen LogP contribution is -2.09. The summed E-state index contributed by atoms with van der Waals surface area (Å²) >= 11 is 0. The molecule has 0 fully saturated rings. The van der Waals surface area contributed by atoms with Gasteiger partial charge in [0.25, 0.3) is 0 Å². The van der Waals surface area contributed by atoms with E-state index in [-0.39, 0.29) is 17.0 Å². The van der Waals surface area contributed by atoms with Crippen molar-refractivity contribution in [2.24, 2.45) is 0 Å². The number of aryl methyl sites for hydroxylation is 1. The van der Waals surface area contributed by atoms with Gasteiger partial charge < -0.3 is 5.32 Å². The zero-order valence-electron chi connectivity index (χ0n) is 16.4. The molecule has 32 heavy (non-hydrogen) atoms. The van der Waals surface area contributed by atoms with Crippen LogP contribution in [0.2, 0.25) is 0 Å². The Balaban J connectivity index is 1.75. The molecule has 4 rings (SSSR count). The molecule has 164 valence electrons. The van der Waals surface area contributed by atoms with Gasteiger partial charge in [-0.1, -0.05) is 0 Å². The minimum absolute atomic E-state index is 0.00371. The predicted octanol–water partition coefficient (Wildman–Crippen LogP) is 6.78. The van der Waals surface area contributed by atoms with Gasteiger partial charge in [-0.05, 0) is 61.5 Å². The highest BCUT2D eigenvalue weighted by Gasteiger charge is 2.34. The summed E-state index contributed by atoms with van der Waals surface area (Å²) in [6, 6.07) is 11.2. The highest BCUT2D eigenvalue weighted by molar-refractivity contribution is 5.92. The zero-order valence-corrected chi connectivity index (χ0v) is 16.4. The second kappa shape index (κ2) is 7.77. The Bertz CT molecular complexity index is 1280. The van der Waals surface area contributed by atoms with E-state index in [0.29, 0.717) is 22.5 Å². The minimum Gasteiger partial charge on any atom is -0.355 e. The van der Waals surface area contributed by atoms with Crippen molar-refractivity contribution in [2.75, 3.05) is 5.32 Å². The maximum atomic E-state index is 13.4. The minimum atomic E-state index is -4.60. The number of pyridine rings is 3. The van der Waals surface area contributed by atoms with Crippen LogP contribution < -0.4 is 5.32 Å². The quantitative estimate of drug-likeness (QED) is 0.351. The largest absolute Gasteiger partial charge is 0.418 e. The summed E-state index contributed by atoms with van der Waals surface area (Å²) in [5, 5.41) is 3.51. The number of hydrogen-bond donors (Lipinski definition) is 1. The highest BCUT2D eigenvalue weighted by atomic mass is 19.4. The number of anilines is 2. The molecule has 0 saturated carbocycles. The van der Waals surface area contributed by atoms with E-state index in [0.717, 1.165) is 18.2 Å². The van der Waals surface area contributed by atoms with Gasteiger partial charge in [0.1, 0.15) is 5.69 Å². The molecule has 4 aromatic rings. The fourth-order valence-corrected chi connectivity index (χ4v) is 3.20. The Hall–Kier alpha value is -3.69. The Morgan fingerprint density at radius 2 is 1.53 bits per heavy atom. The van der Waals surface area contributed by atoms with Crippen molar-refractivity contribution < 1.29 is 26.3 Å². The van der Waals surface area contributed by atoms with Crippen molar-refractivity contribution in [3.05, 3.63) is 77.6 Å². The van der Waals surface area contributed by atoms with Crippen molar-refractivity contribution in [1.82, 2.24) is 15.0 Å². The van der Waals surface area contributed by atoms with Gasteiger partial charge in [-0.15, -0.1) is 0 Å². The predicted molar refractivity (Wildman–Crippen MR) is 107 cm³/mol. The average Bonchev–Trinajstić information content (AvgIpc) is 2.72. The SMILES string of the molecule is Cc1cc(Nc2ccc(C(F)(F)F)cc2)c2ccc(-c3ncccc3C(F)(F)F)nc2n1. The van der Waals surface area contributed by atoms with Crippen LogP contribution in [-0.2, 0) is 12.4 Å². The summed E-state index contributed by atoms with van der Waals surface area (Å²) in [4.78, 5) is 12.4. The third-order valence-corrected chi connectivity index (χ3v) is 4.65. The van der Waals surface area contributed by atoms with E-state index in [4.69, 9.17) is 0 Å². The van der Waals surface area contributed by atoms with Crippen LogP contribution in [0.15, 0.2) is 60.8 Å². The summed E-state index contributed by atoms with van der Waals surface area (Å²) in [5.41, 5.74) is -0.402. The standard InChI is InChI=1S/C22H14F6N4/c1-12-11-18(31-14-6-4-13(5-7-14)21(23,24)25)15-8-9-17(32-20(15)30-12)19-16(22(26,27)28)3-2-10-29-19/h2-11H,1H3,(H,30,31,32). The second-order valence-electron chi connectivity index (χ2n) is 6.98. The topological polar surface area (TPSA) is 50.7 Å². The van der Waals surface area contributed by atoms with Crippen LogP contribution in [-0.4, -0.2) is 15.0 Å². The fourth-order valence-electron chi connectivity index (χ4n) is 3.20. The lowest BCUT2D eigenvalue weighted by molar-refractivity contribution is -0.138. The van der Waals surface area contributed by atoms with Crippen molar-refractivity contribution in [1.29, 1.82) is 0 Å². The Morgan fingerprint density at radius 3 is 2.19 bits per heavy atom. The Labute approximate surface area is 178 Å². The first kappa shape index (κ1) is 21.5. The molecule has 0 atom stereocenters. The van der Waals surface area contributed by atoms with Gasteiger partial charge in [-0.25, -0.2) is 9.97 Å². The van der Waals surface area contributed by atoms with E-state index in [1.807, 2.05) is 0 Å². The number of fused-ring (bicyclic) bond motifs is 1. The highest BCUT2D eigenvalue weighted by Crippen LogP contribution is 2.36. The maximum Gasteiger partial charge on any atom is 0.418 e. The molecular formula is C22H14F6N4. The van der Waals surface area contributed by atoms with E-state index < -0.39 is 23.5 Å². The molecule has 0 bridgehead atoms. The Morgan fingerprint density at radius 1 is 0.812 bits per heavy atom. The third-order valence-electron chi connectivity index (χ3n) is 4.65. The average molecular weight is 448 g/mol. The van der Waals surface area contributed by atoms with Gasteiger partial charge in [0, 0.05) is 23.0 Å². The lowest BCUT2D eigenvalue weighted by atomic mass is 10.1. The number of alkyl halides is 6. The van der Waals surface area contributed by atoms with Gasteiger partial charge in [0.05, 0.1) is 22.5 Å². The van der Waals surface area contributed by atoms with Crippen molar-refractivity contribution in [3.63, 3.8) is 0 Å². The number of benzene rings is 1. The number of halogens is 6. The second-order valence-corrected chi connectivity index (χ2v) is 6.98. The molecule has 1 N–H and O–H groups in total. The summed E-state index contributed by atoms with van der Waals surface area (Å²) in [6.07, 6.45) is -7.80. The van der Waals surface area contributed by atoms with Crippen LogP contribution in [0.25, 0.3) is 22.4 Å². The van der Waals surface area contributed by atoms with Crippen LogP contribution >= 0.6 is 0 Å². The Kier molecular flexibility index (Phi) is 5.23. The monoisotopic (exact) mass is 448 g/mol. The smallest absolute Gasteiger partial charge is 0.355 e. The first-order valence-electron chi connectivity index (χ1n) is 9.27. The molecular weight excluding hydrogens is 434 g/mol. The van der Waals surface area contributed by atoms with E-state index in [9.17, 15) is 26.3 Å². The van der Waals surface area contributed by atoms with E-state index in [2.05, 4.69) is 20.3 Å². The van der Waals surface area contributed by atoms with E-state index >= 15 is 0 Å². The molecule has 3 aromatic heterocycles. The van der Waals surface area contributed by atoms with Crippen LogP contribution in [0, 0.1) is 6.92 Å².